The van der Waals surface area contributed by atoms with Gasteiger partial charge >= 0.3 is 6.01 Å². The highest BCUT2D eigenvalue weighted by Crippen LogP contribution is 2.38. The molecule has 0 spiro atoms. The van der Waals surface area contributed by atoms with Gasteiger partial charge in [-0.3, -0.25) is 0 Å². The fraction of sp³-hybridized carbons (Fsp3) is 0.458. The van der Waals surface area contributed by atoms with Crippen LogP contribution in [0.1, 0.15) is 50.6 Å². The van der Waals surface area contributed by atoms with E-state index >= 15 is 0 Å². The Morgan fingerprint density at radius 1 is 1.31 bits per heavy atom. The number of nitrogens with one attached hydrogen (secondary N) is 1. The molecule has 2 heterocycles. The molecule has 5 N–H and O–H groups in total. The molecule has 1 aliphatic heterocycles. The predicted molar refractivity (Wildman–Crippen MR) is 130 cm³/mol. The van der Waals surface area contributed by atoms with E-state index in [1.807, 2.05) is 19.2 Å². The third kappa shape index (κ3) is 4.85. The summed E-state index contributed by atoms with van der Waals surface area (Å²) in [5.74, 6) is 1.18. The quantitative estimate of drug-likeness (QED) is 0.543. The molecule has 8 nitrogen and oxygen atoms in total. The van der Waals surface area contributed by atoms with Gasteiger partial charge in [-0.1, -0.05) is 49.8 Å². The highest BCUT2D eigenvalue weighted by Gasteiger charge is 2.38. The number of anilines is 1. The molecule has 8 heteroatoms. The molecule has 1 fully saturated rings. The van der Waals surface area contributed by atoms with E-state index in [-0.39, 0.29) is 11.7 Å². The van der Waals surface area contributed by atoms with Gasteiger partial charge in [-0.25, -0.2) is 4.99 Å². The van der Waals surface area contributed by atoms with Gasteiger partial charge in [0, 0.05) is 37.1 Å². The van der Waals surface area contributed by atoms with Gasteiger partial charge in [0.2, 0.25) is 0 Å². The highest BCUT2D eigenvalue weighted by atomic mass is 16.5. The fourth-order valence-electron chi connectivity index (χ4n) is 4.01. The zero-order valence-corrected chi connectivity index (χ0v) is 19.5. The van der Waals surface area contributed by atoms with Crippen LogP contribution in [0.25, 0.3) is 5.57 Å². The van der Waals surface area contributed by atoms with Crippen LogP contribution in [-0.4, -0.2) is 42.5 Å². The first-order chi connectivity index (χ1) is 15.3. The van der Waals surface area contributed by atoms with E-state index in [0.717, 1.165) is 42.6 Å². The van der Waals surface area contributed by atoms with Crippen molar-refractivity contribution in [2.24, 2.45) is 22.4 Å². The monoisotopic (exact) mass is 437 g/mol. The summed E-state index contributed by atoms with van der Waals surface area (Å²) in [7, 11) is 2.01. The minimum absolute atomic E-state index is 0.233. The lowest BCUT2D eigenvalue weighted by Gasteiger charge is -2.32. The average Bonchev–Trinajstić information content (AvgIpc) is 3.30. The van der Waals surface area contributed by atoms with E-state index in [0.29, 0.717) is 17.9 Å². The van der Waals surface area contributed by atoms with Gasteiger partial charge in [0.05, 0.1) is 5.41 Å². The van der Waals surface area contributed by atoms with Crippen LogP contribution in [0.4, 0.5) is 6.01 Å². The number of rotatable bonds is 8. The third-order valence-electron chi connectivity index (χ3n) is 6.58. The van der Waals surface area contributed by atoms with Crippen molar-refractivity contribution in [3.63, 3.8) is 0 Å². The topological polar surface area (TPSA) is 119 Å². The van der Waals surface area contributed by atoms with Crippen LogP contribution < -0.4 is 21.7 Å². The van der Waals surface area contributed by atoms with Crippen molar-refractivity contribution in [3.05, 3.63) is 59.8 Å². The SMILES string of the molecule is C=C(N)/N=C\C(=C/N)c1ccc(C(C)(c2noc(N3CCC(NC)CC3)n2)C(C)C)cc1. The van der Waals surface area contributed by atoms with E-state index in [4.69, 9.17) is 21.0 Å². The molecule has 0 radical (unpaired) electrons. The lowest BCUT2D eigenvalue weighted by molar-refractivity contribution is 0.343. The predicted octanol–water partition coefficient (Wildman–Crippen LogP) is 3.02. The number of nitrogens with zero attached hydrogens (tertiary/aromatic N) is 4. The molecular weight excluding hydrogens is 402 g/mol. The molecule has 32 heavy (non-hydrogen) atoms. The van der Waals surface area contributed by atoms with Crippen molar-refractivity contribution >= 4 is 17.8 Å². The van der Waals surface area contributed by atoms with Crippen molar-refractivity contribution < 1.29 is 4.52 Å². The third-order valence-corrected chi connectivity index (χ3v) is 6.58. The summed E-state index contributed by atoms with van der Waals surface area (Å²) in [6.45, 7) is 11.9. The largest absolute Gasteiger partial charge is 0.404 e. The maximum Gasteiger partial charge on any atom is 0.324 e. The summed E-state index contributed by atoms with van der Waals surface area (Å²) < 4.78 is 5.71. The van der Waals surface area contributed by atoms with E-state index < -0.39 is 5.41 Å². The molecule has 1 unspecified atom stereocenters. The first kappa shape index (κ1) is 23.5. The smallest absolute Gasteiger partial charge is 0.324 e. The van der Waals surface area contributed by atoms with Gasteiger partial charge in [0.1, 0.15) is 5.82 Å². The van der Waals surface area contributed by atoms with E-state index in [1.165, 1.54) is 6.20 Å². The number of nitrogens with two attached hydrogens (primary N) is 2. The maximum absolute atomic E-state index is 5.78. The summed E-state index contributed by atoms with van der Waals surface area (Å²) >= 11 is 0. The van der Waals surface area contributed by atoms with Gasteiger partial charge < -0.3 is 26.2 Å². The number of hydrogen-bond acceptors (Lipinski definition) is 8. The molecule has 1 aromatic heterocycles. The summed E-state index contributed by atoms with van der Waals surface area (Å²) in [6.07, 6.45) is 5.25. The Bertz CT molecular complexity index is 968. The Morgan fingerprint density at radius 3 is 2.50 bits per heavy atom. The second-order valence-corrected chi connectivity index (χ2v) is 8.76. The second kappa shape index (κ2) is 9.99. The molecule has 1 atom stereocenters. The lowest BCUT2D eigenvalue weighted by Crippen LogP contribution is -2.41. The first-order valence-corrected chi connectivity index (χ1v) is 11.1. The Balaban J connectivity index is 1.86. The van der Waals surface area contributed by atoms with Gasteiger partial charge in [0.15, 0.2) is 5.82 Å². The van der Waals surface area contributed by atoms with Crippen molar-refractivity contribution in [1.29, 1.82) is 0 Å². The lowest BCUT2D eigenvalue weighted by atomic mass is 9.72. The molecular formula is C24H35N7O. The minimum atomic E-state index is -0.407. The number of hydrogen-bond donors (Lipinski definition) is 3. The summed E-state index contributed by atoms with van der Waals surface area (Å²) in [4.78, 5) is 11.1. The van der Waals surface area contributed by atoms with Gasteiger partial charge in [-0.2, -0.15) is 4.98 Å². The van der Waals surface area contributed by atoms with Crippen LogP contribution >= 0.6 is 0 Å². The number of benzene rings is 1. The van der Waals surface area contributed by atoms with E-state index in [9.17, 15) is 0 Å². The zero-order chi connectivity index (χ0) is 23.3. The molecule has 0 amide bonds. The molecule has 0 aliphatic carbocycles. The van der Waals surface area contributed by atoms with Gasteiger partial charge in [-0.15, -0.1) is 0 Å². The average molecular weight is 438 g/mol. The normalized spacial score (nSPS) is 17.8. The summed E-state index contributed by atoms with van der Waals surface area (Å²) in [5, 5.41) is 7.75. The molecule has 1 aliphatic rings. The summed E-state index contributed by atoms with van der Waals surface area (Å²) in [6, 6.07) is 9.35. The van der Waals surface area contributed by atoms with E-state index in [2.05, 4.69) is 59.8 Å². The van der Waals surface area contributed by atoms with Crippen molar-refractivity contribution in [1.82, 2.24) is 15.5 Å². The summed E-state index contributed by atoms with van der Waals surface area (Å²) in [5.41, 5.74) is 13.7. The maximum atomic E-state index is 5.78. The number of piperidine rings is 1. The Morgan fingerprint density at radius 2 is 1.97 bits per heavy atom. The van der Waals surface area contributed by atoms with Crippen LogP contribution in [0.2, 0.25) is 0 Å². The Kier molecular flexibility index (Phi) is 7.35. The molecule has 0 saturated carbocycles. The van der Waals surface area contributed by atoms with Crippen molar-refractivity contribution in [2.75, 3.05) is 25.0 Å². The van der Waals surface area contributed by atoms with Crippen LogP contribution in [0.5, 0.6) is 0 Å². The molecule has 2 aromatic rings. The number of aromatic nitrogens is 2. The van der Waals surface area contributed by atoms with Crippen molar-refractivity contribution in [2.45, 2.75) is 45.1 Å². The molecule has 1 aromatic carbocycles. The molecule has 1 saturated heterocycles. The van der Waals surface area contributed by atoms with Crippen molar-refractivity contribution in [3.8, 4) is 0 Å². The number of aliphatic imine (C=N–C) groups is 1. The minimum Gasteiger partial charge on any atom is -0.404 e. The molecule has 3 rings (SSSR count). The highest BCUT2D eigenvalue weighted by molar-refractivity contribution is 6.09. The van der Waals surface area contributed by atoms with Crippen LogP contribution in [-0.2, 0) is 5.41 Å². The Labute approximate surface area is 190 Å². The fourth-order valence-corrected chi connectivity index (χ4v) is 4.01. The molecule has 0 bridgehead atoms. The zero-order valence-electron chi connectivity index (χ0n) is 19.5. The van der Waals surface area contributed by atoms with Gasteiger partial charge in [-0.05, 0) is 43.9 Å². The first-order valence-electron chi connectivity index (χ1n) is 11.1. The Hall–Kier alpha value is -3.13. The second-order valence-electron chi connectivity index (χ2n) is 8.76. The standard InChI is InChI=1S/C24H35N7O/c1-16(2)24(4,20-8-6-18(7-9-20)19(14-25)15-28-17(3)26)22-29-23(32-30-22)31-12-10-21(27-5)11-13-31/h6-9,14-16,21,27H,3,10-13,25-26H2,1-2,4-5H3/b19-14+,28-15-. The van der Waals surface area contributed by atoms with Gasteiger partial charge in [0.25, 0.3) is 0 Å². The van der Waals surface area contributed by atoms with Crippen LogP contribution in [0.15, 0.2) is 52.4 Å². The van der Waals surface area contributed by atoms with E-state index in [1.54, 1.807) is 6.21 Å². The number of allylic oxidation sites excluding steroid dienone is 1. The van der Waals surface area contributed by atoms with Crippen LogP contribution in [0, 0.1) is 5.92 Å². The van der Waals surface area contributed by atoms with Crippen LogP contribution in [0.3, 0.4) is 0 Å². The molecule has 172 valence electrons.